The second-order valence-corrected chi connectivity index (χ2v) is 4.41. The maximum absolute atomic E-state index is 11.7. The predicted octanol–water partition coefficient (Wildman–Crippen LogP) is 2.42. The number of carbonyl (C=O) groups excluding carboxylic acids is 1. The van der Waals surface area contributed by atoms with Crippen LogP contribution in [0.5, 0.6) is 0 Å². The molecule has 2 heterocycles. The highest BCUT2D eigenvalue weighted by molar-refractivity contribution is 7.19. The number of carbonyl (C=O) groups is 1. The Kier molecular flexibility index (Phi) is 3.88. The van der Waals surface area contributed by atoms with Crippen molar-refractivity contribution in [1.29, 1.82) is 0 Å². The zero-order chi connectivity index (χ0) is 13.0. The number of ether oxygens (including phenoxy) is 1. The number of esters is 1. The smallest absolute Gasteiger partial charge is 0.360 e. The Morgan fingerprint density at radius 1 is 1.56 bits per heavy atom. The normalized spacial score (nSPS) is 10.1. The van der Waals surface area contributed by atoms with E-state index in [2.05, 4.69) is 15.3 Å². The van der Waals surface area contributed by atoms with Gasteiger partial charge in [0.15, 0.2) is 5.69 Å². The van der Waals surface area contributed by atoms with E-state index in [4.69, 9.17) is 4.74 Å². The van der Waals surface area contributed by atoms with Crippen LogP contribution in [0.1, 0.15) is 17.4 Å². The SMILES string of the molecule is CCOC(=O)c1nc(-c2cccnc2)sc1NC. The van der Waals surface area contributed by atoms with Crippen molar-refractivity contribution in [2.75, 3.05) is 19.0 Å². The van der Waals surface area contributed by atoms with Crippen LogP contribution in [0, 0.1) is 0 Å². The lowest BCUT2D eigenvalue weighted by molar-refractivity contribution is 0.0521. The number of anilines is 1. The molecule has 5 nitrogen and oxygen atoms in total. The molecule has 0 aliphatic carbocycles. The van der Waals surface area contributed by atoms with Gasteiger partial charge in [-0.15, -0.1) is 0 Å². The fraction of sp³-hybridized carbons (Fsp3) is 0.250. The van der Waals surface area contributed by atoms with E-state index in [1.165, 1.54) is 11.3 Å². The van der Waals surface area contributed by atoms with Crippen LogP contribution < -0.4 is 5.32 Å². The van der Waals surface area contributed by atoms with Crippen molar-refractivity contribution in [2.45, 2.75) is 6.92 Å². The quantitative estimate of drug-likeness (QED) is 0.858. The Morgan fingerprint density at radius 3 is 3.00 bits per heavy atom. The first-order valence-electron chi connectivity index (χ1n) is 5.52. The highest BCUT2D eigenvalue weighted by Crippen LogP contribution is 2.31. The van der Waals surface area contributed by atoms with E-state index in [1.54, 1.807) is 26.4 Å². The molecule has 18 heavy (non-hydrogen) atoms. The van der Waals surface area contributed by atoms with E-state index < -0.39 is 5.97 Å². The average Bonchev–Trinajstić information content (AvgIpc) is 2.84. The van der Waals surface area contributed by atoms with Crippen LogP contribution in [0.3, 0.4) is 0 Å². The molecule has 0 aliphatic heterocycles. The third-order valence-corrected chi connectivity index (χ3v) is 3.35. The lowest BCUT2D eigenvalue weighted by atomic mass is 10.3. The zero-order valence-corrected chi connectivity index (χ0v) is 11.0. The van der Waals surface area contributed by atoms with Crippen LogP contribution in [0.25, 0.3) is 10.6 Å². The number of hydrogen-bond donors (Lipinski definition) is 1. The number of hydrogen-bond acceptors (Lipinski definition) is 6. The van der Waals surface area contributed by atoms with Crippen molar-refractivity contribution < 1.29 is 9.53 Å². The molecule has 6 heteroatoms. The van der Waals surface area contributed by atoms with Gasteiger partial charge in [0, 0.05) is 25.0 Å². The van der Waals surface area contributed by atoms with E-state index in [0.29, 0.717) is 17.3 Å². The van der Waals surface area contributed by atoms with Gasteiger partial charge in [-0.05, 0) is 19.1 Å². The van der Waals surface area contributed by atoms with Gasteiger partial charge in [0.25, 0.3) is 0 Å². The maximum Gasteiger partial charge on any atom is 0.360 e. The number of pyridine rings is 1. The lowest BCUT2D eigenvalue weighted by Gasteiger charge is -2.00. The molecule has 0 saturated carbocycles. The molecule has 1 N–H and O–H groups in total. The van der Waals surface area contributed by atoms with Gasteiger partial charge in [-0.2, -0.15) is 0 Å². The predicted molar refractivity (Wildman–Crippen MR) is 70.8 cm³/mol. The highest BCUT2D eigenvalue weighted by Gasteiger charge is 2.19. The molecular weight excluding hydrogens is 250 g/mol. The topological polar surface area (TPSA) is 64.1 Å². The Bertz CT molecular complexity index is 540. The Morgan fingerprint density at radius 2 is 2.39 bits per heavy atom. The number of aromatic nitrogens is 2. The van der Waals surface area contributed by atoms with Gasteiger partial charge in [-0.25, -0.2) is 9.78 Å². The van der Waals surface area contributed by atoms with E-state index in [9.17, 15) is 4.79 Å². The van der Waals surface area contributed by atoms with Crippen LogP contribution in [0.2, 0.25) is 0 Å². The molecule has 2 rings (SSSR count). The summed E-state index contributed by atoms with van der Waals surface area (Å²) in [6.45, 7) is 2.10. The molecular formula is C12H13N3O2S. The molecule has 94 valence electrons. The average molecular weight is 263 g/mol. The van der Waals surface area contributed by atoms with Crippen molar-refractivity contribution >= 4 is 22.3 Å². The summed E-state index contributed by atoms with van der Waals surface area (Å²) < 4.78 is 4.97. The summed E-state index contributed by atoms with van der Waals surface area (Å²) in [5, 5.41) is 4.41. The van der Waals surface area contributed by atoms with Crippen molar-refractivity contribution in [2.24, 2.45) is 0 Å². The first-order valence-corrected chi connectivity index (χ1v) is 6.34. The van der Waals surface area contributed by atoms with Crippen molar-refractivity contribution in [3.8, 4) is 10.6 Å². The minimum absolute atomic E-state index is 0.322. The minimum Gasteiger partial charge on any atom is -0.461 e. The molecule has 0 fully saturated rings. The molecule has 0 aromatic carbocycles. The van der Waals surface area contributed by atoms with Crippen LogP contribution in [0.4, 0.5) is 5.00 Å². The van der Waals surface area contributed by atoms with Gasteiger partial charge in [0.05, 0.1) is 6.61 Å². The van der Waals surface area contributed by atoms with Gasteiger partial charge >= 0.3 is 5.97 Å². The summed E-state index contributed by atoms with van der Waals surface area (Å²) in [5.74, 6) is -0.409. The van der Waals surface area contributed by atoms with Gasteiger partial charge in [0.2, 0.25) is 0 Å². The van der Waals surface area contributed by atoms with Gasteiger partial charge in [-0.1, -0.05) is 11.3 Å². The second kappa shape index (κ2) is 5.59. The summed E-state index contributed by atoms with van der Waals surface area (Å²) in [4.78, 5) is 20.1. The summed E-state index contributed by atoms with van der Waals surface area (Å²) in [6, 6.07) is 3.74. The Hall–Kier alpha value is -1.95. The molecule has 0 spiro atoms. The molecule has 0 bridgehead atoms. The number of rotatable bonds is 4. The van der Waals surface area contributed by atoms with Crippen molar-refractivity contribution in [3.05, 3.63) is 30.2 Å². The minimum atomic E-state index is -0.409. The Balaban J connectivity index is 2.38. The third kappa shape index (κ3) is 2.48. The molecule has 0 amide bonds. The Labute approximate surface area is 109 Å². The molecule has 0 saturated heterocycles. The summed E-state index contributed by atoms with van der Waals surface area (Å²) in [5.41, 5.74) is 1.21. The third-order valence-electron chi connectivity index (χ3n) is 2.23. The van der Waals surface area contributed by atoms with Crippen LogP contribution >= 0.6 is 11.3 Å². The number of thiazole rings is 1. The van der Waals surface area contributed by atoms with E-state index in [-0.39, 0.29) is 0 Å². The maximum atomic E-state index is 11.7. The van der Waals surface area contributed by atoms with Crippen LogP contribution in [-0.2, 0) is 4.74 Å². The van der Waals surface area contributed by atoms with E-state index in [0.717, 1.165) is 10.6 Å². The molecule has 0 radical (unpaired) electrons. The van der Waals surface area contributed by atoms with E-state index >= 15 is 0 Å². The van der Waals surface area contributed by atoms with Gasteiger partial charge in [-0.3, -0.25) is 4.98 Å². The zero-order valence-electron chi connectivity index (χ0n) is 10.1. The largest absolute Gasteiger partial charge is 0.461 e. The number of nitrogens with one attached hydrogen (secondary N) is 1. The summed E-state index contributed by atoms with van der Waals surface area (Å²) in [7, 11) is 1.75. The standard InChI is InChI=1S/C12H13N3O2S/c1-3-17-12(16)9-11(13-2)18-10(15-9)8-5-4-6-14-7-8/h4-7,13H,3H2,1-2H3. The molecule has 0 aliphatic rings. The fourth-order valence-corrected chi connectivity index (χ4v) is 2.34. The summed E-state index contributed by atoms with van der Waals surface area (Å²) in [6.07, 6.45) is 3.41. The summed E-state index contributed by atoms with van der Waals surface area (Å²) >= 11 is 1.40. The van der Waals surface area contributed by atoms with Crippen molar-refractivity contribution in [3.63, 3.8) is 0 Å². The van der Waals surface area contributed by atoms with Crippen LogP contribution in [-0.4, -0.2) is 29.6 Å². The van der Waals surface area contributed by atoms with Crippen molar-refractivity contribution in [1.82, 2.24) is 9.97 Å². The second-order valence-electron chi connectivity index (χ2n) is 3.41. The van der Waals surface area contributed by atoms with Gasteiger partial charge in [0.1, 0.15) is 10.0 Å². The monoisotopic (exact) mass is 263 g/mol. The molecule has 2 aromatic heterocycles. The fourth-order valence-electron chi connectivity index (χ4n) is 1.44. The van der Waals surface area contributed by atoms with E-state index in [1.807, 2.05) is 12.1 Å². The van der Waals surface area contributed by atoms with Gasteiger partial charge < -0.3 is 10.1 Å². The molecule has 2 aromatic rings. The van der Waals surface area contributed by atoms with Crippen LogP contribution in [0.15, 0.2) is 24.5 Å². The highest BCUT2D eigenvalue weighted by atomic mass is 32.1. The lowest BCUT2D eigenvalue weighted by Crippen LogP contribution is -2.07. The first kappa shape index (κ1) is 12.5. The molecule has 0 atom stereocenters. The number of nitrogens with zero attached hydrogens (tertiary/aromatic N) is 2. The molecule has 0 unspecified atom stereocenters. The first-order chi connectivity index (χ1) is 8.76.